The molecule has 0 aromatic heterocycles. The third-order valence-corrected chi connectivity index (χ3v) is 5.65. The van der Waals surface area contributed by atoms with E-state index in [1.165, 1.54) is 5.56 Å². The van der Waals surface area contributed by atoms with Crippen LogP contribution in [0, 0.1) is 5.92 Å². The molecule has 1 aliphatic rings. The van der Waals surface area contributed by atoms with Crippen molar-refractivity contribution in [3.05, 3.63) is 35.4 Å². The van der Waals surface area contributed by atoms with Crippen molar-refractivity contribution in [3.8, 4) is 0 Å². The van der Waals surface area contributed by atoms with Crippen LogP contribution >= 0.6 is 10.7 Å². The van der Waals surface area contributed by atoms with Gasteiger partial charge in [-0.15, -0.1) is 0 Å². The third kappa shape index (κ3) is 4.70. The predicted octanol–water partition coefficient (Wildman–Crippen LogP) is 3.46. The molecule has 2 rings (SSSR count). The number of hydrogen-bond acceptors (Lipinski definition) is 3. The first-order chi connectivity index (χ1) is 10.5. The molecular formula is C17H24ClNO3S. The Labute approximate surface area is 143 Å². The Bertz CT molecular complexity index is 677. The summed E-state index contributed by atoms with van der Waals surface area (Å²) >= 11 is 0. The highest BCUT2D eigenvalue weighted by Crippen LogP contribution is 2.31. The van der Waals surface area contributed by atoms with E-state index in [4.69, 9.17) is 10.7 Å². The minimum absolute atomic E-state index is 0.0114. The van der Waals surface area contributed by atoms with Gasteiger partial charge in [0.15, 0.2) is 0 Å². The highest BCUT2D eigenvalue weighted by molar-refractivity contribution is 8.13. The van der Waals surface area contributed by atoms with Crippen LogP contribution in [0.3, 0.4) is 0 Å². The molecule has 1 aromatic rings. The van der Waals surface area contributed by atoms with Gasteiger partial charge in [0.25, 0.3) is 0 Å². The standard InChI is InChI=1S/C17H24ClNO3S/c1-12(14-5-7-15(8-6-14)17(2,3)4)19-10-13(9-16(19)20)11-23(18,21)22/h5-8,12-13H,9-11H2,1-4H3. The maximum Gasteiger partial charge on any atom is 0.232 e. The Balaban J connectivity index is 2.11. The van der Waals surface area contributed by atoms with Gasteiger partial charge in [-0.3, -0.25) is 4.79 Å². The Morgan fingerprint density at radius 3 is 2.30 bits per heavy atom. The van der Waals surface area contributed by atoms with Gasteiger partial charge >= 0.3 is 0 Å². The smallest absolute Gasteiger partial charge is 0.232 e. The number of nitrogens with zero attached hydrogens (tertiary/aromatic N) is 1. The van der Waals surface area contributed by atoms with Crippen LogP contribution in [-0.2, 0) is 19.3 Å². The van der Waals surface area contributed by atoms with Crippen LogP contribution in [0.4, 0.5) is 0 Å². The summed E-state index contributed by atoms with van der Waals surface area (Å²) in [6.45, 7) is 8.89. The Morgan fingerprint density at radius 1 is 1.26 bits per heavy atom. The summed E-state index contributed by atoms with van der Waals surface area (Å²) in [4.78, 5) is 13.9. The maximum atomic E-state index is 12.2. The van der Waals surface area contributed by atoms with Crippen LogP contribution < -0.4 is 0 Å². The van der Waals surface area contributed by atoms with Gasteiger partial charge in [-0.05, 0) is 23.5 Å². The third-order valence-electron chi connectivity index (χ3n) is 4.40. The van der Waals surface area contributed by atoms with Crippen molar-refractivity contribution in [2.24, 2.45) is 5.92 Å². The Hall–Kier alpha value is -1.07. The van der Waals surface area contributed by atoms with Crippen LogP contribution in [0.15, 0.2) is 24.3 Å². The van der Waals surface area contributed by atoms with E-state index < -0.39 is 9.05 Å². The second kappa shape index (κ2) is 6.44. The van der Waals surface area contributed by atoms with Crippen molar-refractivity contribution < 1.29 is 13.2 Å². The summed E-state index contributed by atoms with van der Waals surface area (Å²) in [7, 11) is 1.73. The Kier molecular flexibility index (Phi) is 5.12. The van der Waals surface area contributed by atoms with Crippen molar-refractivity contribution in [1.82, 2.24) is 4.90 Å². The van der Waals surface area contributed by atoms with Crippen molar-refractivity contribution >= 4 is 25.6 Å². The minimum Gasteiger partial charge on any atom is -0.336 e. The summed E-state index contributed by atoms with van der Waals surface area (Å²) in [6.07, 6.45) is 0.246. The van der Waals surface area contributed by atoms with E-state index in [0.717, 1.165) is 5.56 Å². The lowest BCUT2D eigenvalue weighted by atomic mass is 9.86. The van der Waals surface area contributed by atoms with Crippen molar-refractivity contribution in [1.29, 1.82) is 0 Å². The van der Waals surface area contributed by atoms with Crippen LogP contribution in [-0.4, -0.2) is 31.5 Å². The molecule has 0 aliphatic carbocycles. The molecule has 1 saturated heterocycles. The average Bonchev–Trinajstić information content (AvgIpc) is 2.75. The van der Waals surface area contributed by atoms with E-state index >= 15 is 0 Å². The van der Waals surface area contributed by atoms with Crippen molar-refractivity contribution in [2.45, 2.75) is 45.6 Å². The summed E-state index contributed by atoms with van der Waals surface area (Å²) in [5.41, 5.74) is 2.39. The first-order valence-electron chi connectivity index (χ1n) is 7.79. The number of amides is 1. The molecular weight excluding hydrogens is 334 g/mol. The zero-order chi connectivity index (χ0) is 17.4. The van der Waals surface area contributed by atoms with Crippen LogP contribution in [0.25, 0.3) is 0 Å². The fraction of sp³-hybridized carbons (Fsp3) is 0.588. The molecule has 1 aliphatic heterocycles. The number of likely N-dealkylation sites (tertiary alicyclic amines) is 1. The molecule has 0 bridgehead atoms. The average molecular weight is 358 g/mol. The lowest BCUT2D eigenvalue weighted by molar-refractivity contribution is -0.129. The van der Waals surface area contributed by atoms with Gasteiger partial charge < -0.3 is 4.90 Å². The molecule has 1 fully saturated rings. The number of benzene rings is 1. The van der Waals surface area contributed by atoms with Gasteiger partial charge in [-0.2, -0.15) is 0 Å². The number of carbonyl (C=O) groups is 1. The first-order valence-corrected chi connectivity index (χ1v) is 10.3. The zero-order valence-electron chi connectivity index (χ0n) is 14.0. The number of carbonyl (C=O) groups excluding carboxylic acids is 1. The Morgan fingerprint density at radius 2 is 1.83 bits per heavy atom. The number of halogens is 1. The quantitative estimate of drug-likeness (QED) is 0.775. The van der Waals surface area contributed by atoms with Crippen molar-refractivity contribution in [3.63, 3.8) is 0 Å². The first kappa shape index (κ1) is 18.3. The van der Waals surface area contributed by atoms with Crippen LogP contribution in [0.1, 0.15) is 51.3 Å². The maximum absolute atomic E-state index is 12.2. The molecule has 2 unspecified atom stereocenters. The van der Waals surface area contributed by atoms with E-state index in [0.29, 0.717) is 6.54 Å². The molecule has 0 N–H and O–H groups in total. The van der Waals surface area contributed by atoms with Gasteiger partial charge in [0.2, 0.25) is 15.0 Å². The minimum atomic E-state index is -3.57. The van der Waals surface area contributed by atoms with E-state index in [1.54, 1.807) is 4.90 Å². The molecule has 2 atom stereocenters. The molecule has 6 heteroatoms. The molecule has 0 saturated carbocycles. The zero-order valence-corrected chi connectivity index (χ0v) is 15.6. The van der Waals surface area contributed by atoms with E-state index in [1.807, 2.05) is 19.1 Å². The highest BCUT2D eigenvalue weighted by atomic mass is 35.7. The SMILES string of the molecule is CC(c1ccc(C(C)(C)C)cc1)N1CC(CS(=O)(=O)Cl)CC1=O. The lowest BCUT2D eigenvalue weighted by Crippen LogP contribution is -2.29. The topological polar surface area (TPSA) is 54.5 Å². The van der Waals surface area contributed by atoms with Crippen LogP contribution in [0.2, 0.25) is 0 Å². The van der Waals surface area contributed by atoms with E-state index in [2.05, 4.69) is 32.9 Å². The normalized spacial score (nSPS) is 20.8. The molecule has 23 heavy (non-hydrogen) atoms. The number of rotatable bonds is 4. The second-order valence-corrected chi connectivity index (χ2v) is 10.2. The van der Waals surface area contributed by atoms with Crippen LogP contribution in [0.5, 0.6) is 0 Å². The van der Waals surface area contributed by atoms with Gasteiger partial charge in [-0.25, -0.2) is 8.42 Å². The molecule has 128 valence electrons. The fourth-order valence-corrected chi connectivity index (χ4v) is 4.34. The predicted molar refractivity (Wildman–Crippen MR) is 93.0 cm³/mol. The van der Waals surface area contributed by atoms with Crippen molar-refractivity contribution in [2.75, 3.05) is 12.3 Å². The largest absolute Gasteiger partial charge is 0.336 e. The summed E-state index contributed by atoms with van der Waals surface area (Å²) in [6, 6.07) is 8.20. The van der Waals surface area contributed by atoms with Gasteiger partial charge in [0, 0.05) is 29.6 Å². The highest BCUT2D eigenvalue weighted by Gasteiger charge is 2.35. The van der Waals surface area contributed by atoms with E-state index in [-0.39, 0.29) is 35.5 Å². The molecule has 0 spiro atoms. The summed E-state index contributed by atoms with van der Waals surface area (Å²) in [5.74, 6) is -0.379. The molecule has 0 radical (unpaired) electrons. The molecule has 1 heterocycles. The summed E-state index contributed by atoms with van der Waals surface area (Å²) < 4.78 is 22.4. The van der Waals surface area contributed by atoms with Gasteiger partial charge in [0.1, 0.15) is 0 Å². The van der Waals surface area contributed by atoms with Gasteiger partial charge in [-0.1, -0.05) is 45.0 Å². The fourth-order valence-electron chi connectivity index (χ4n) is 3.02. The second-order valence-electron chi connectivity index (χ2n) is 7.37. The van der Waals surface area contributed by atoms with Gasteiger partial charge in [0.05, 0.1) is 11.8 Å². The number of hydrogen-bond donors (Lipinski definition) is 0. The molecule has 4 nitrogen and oxygen atoms in total. The molecule has 1 amide bonds. The molecule has 1 aromatic carbocycles. The van der Waals surface area contributed by atoms with E-state index in [9.17, 15) is 13.2 Å². The monoisotopic (exact) mass is 357 g/mol. The summed E-state index contributed by atoms with van der Waals surface area (Å²) in [5, 5.41) is 0. The lowest BCUT2D eigenvalue weighted by Gasteiger charge is -2.26.